The summed E-state index contributed by atoms with van der Waals surface area (Å²) in [6, 6.07) is 19.1. The zero-order valence-electron chi connectivity index (χ0n) is 14.9. The lowest BCUT2D eigenvalue weighted by Crippen LogP contribution is -2.69. The maximum Gasteiger partial charge on any atom is 0.254 e. The van der Waals surface area contributed by atoms with Crippen LogP contribution in [0.25, 0.3) is 0 Å². The first-order valence-electron chi connectivity index (χ1n) is 8.89. The average molecular weight is 353 g/mol. The molecule has 1 amide bonds. The molecule has 2 heterocycles. The molecule has 4 rings (SSSR count). The van der Waals surface area contributed by atoms with Crippen LogP contribution in [0.15, 0.2) is 60.7 Å². The van der Waals surface area contributed by atoms with Gasteiger partial charge < -0.3 is 19.5 Å². The number of carbonyl (C=O) groups excluding carboxylic acids is 1. The predicted molar refractivity (Wildman–Crippen MR) is 96.0 cm³/mol. The molecule has 4 atom stereocenters. The molecule has 0 aliphatic carbocycles. The van der Waals surface area contributed by atoms with Gasteiger partial charge in [0, 0.05) is 6.54 Å². The van der Waals surface area contributed by atoms with Gasteiger partial charge in [-0.3, -0.25) is 4.79 Å². The van der Waals surface area contributed by atoms with Gasteiger partial charge in [0.25, 0.3) is 5.91 Å². The molecular weight excluding hydrogens is 330 g/mol. The lowest BCUT2D eigenvalue weighted by Gasteiger charge is -2.47. The van der Waals surface area contributed by atoms with E-state index < -0.39 is 24.0 Å². The van der Waals surface area contributed by atoms with Gasteiger partial charge in [0.15, 0.2) is 11.9 Å². The average Bonchev–Trinajstić information content (AvgIpc) is 2.97. The van der Waals surface area contributed by atoms with Gasteiger partial charge in [-0.25, -0.2) is 0 Å². The minimum atomic E-state index is -1.06. The van der Waals surface area contributed by atoms with Gasteiger partial charge >= 0.3 is 0 Å². The summed E-state index contributed by atoms with van der Waals surface area (Å²) in [6.45, 7) is 4.16. The molecule has 5 nitrogen and oxygen atoms in total. The molecule has 2 aliphatic rings. The third kappa shape index (κ3) is 3.03. The summed E-state index contributed by atoms with van der Waals surface area (Å²) in [7, 11) is 0. The minimum Gasteiger partial charge on any atom is -0.381 e. The summed E-state index contributed by atoms with van der Waals surface area (Å²) in [5.74, 6) is -1.04. The van der Waals surface area contributed by atoms with Crippen molar-refractivity contribution in [3.8, 4) is 0 Å². The molecule has 2 aromatic rings. The first kappa shape index (κ1) is 17.2. The van der Waals surface area contributed by atoms with E-state index in [9.17, 15) is 9.90 Å². The van der Waals surface area contributed by atoms with Crippen molar-refractivity contribution in [3.05, 3.63) is 71.8 Å². The standard InChI is InChI=1S/C21H23NO4/c1-21(2)25-18(15-11-7-4-8-12-15)19(26-21)16-17(23)20(24)22(16)13-14-9-5-3-6-10-14/h3-12,16-19,23H,13H2,1-2H3/t16-,17-,18-,19-/m1/s1. The number of hydrogen-bond donors (Lipinski definition) is 1. The summed E-state index contributed by atoms with van der Waals surface area (Å²) in [5.41, 5.74) is 2.00. The quantitative estimate of drug-likeness (QED) is 0.859. The molecule has 0 radical (unpaired) electrons. The predicted octanol–water partition coefficient (Wildman–Crippen LogP) is 2.65. The highest BCUT2D eigenvalue weighted by molar-refractivity contribution is 5.88. The van der Waals surface area contributed by atoms with Gasteiger partial charge in [0.2, 0.25) is 0 Å². The Morgan fingerprint density at radius 3 is 2.27 bits per heavy atom. The van der Waals surface area contributed by atoms with E-state index in [4.69, 9.17) is 9.47 Å². The van der Waals surface area contributed by atoms with Crippen molar-refractivity contribution in [2.45, 2.75) is 50.5 Å². The first-order valence-corrected chi connectivity index (χ1v) is 8.89. The second kappa shape index (κ2) is 6.50. The Labute approximate surface area is 153 Å². The summed E-state index contributed by atoms with van der Waals surface area (Å²) in [6.07, 6.45) is -1.83. The van der Waals surface area contributed by atoms with Gasteiger partial charge in [-0.15, -0.1) is 0 Å². The summed E-state index contributed by atoms with van der Waals surface area (Å²) in [5, 5.41) is 10.4. The minimum absolute atomic E-state index is 0.265. The molecule has 0 spiro atoms. The maximum absolute atomic E-state index is 12.3. The van der Waals surface area contributed by atoms with E-state index in [1.165, 1.54) is 0 Å². The Morgan fingerprint density at radius 1 is 1.00 bits per heavy atom. The van der Waals surface area contributed by atoms with Gasteiger partial charge in [0.1, 0.15) is 12.2 Å². The van der Waals surface area contributed by atoms with Crippen molar-refractivity contribution >= 4 is 5.91 Å². The van der Waals surface area contributed by atoms with Gasteiger partial charge in [-0.1, -0.05) is 60.7 Å². The number of carbonyl (C=O) groups is 1. The van der Waals surface area contributed by atoms with E-state index in [-0.39, 0.29) is 12.0 Å². The number of aliphatic hydroxyl groups excluding tert-OH is 1. The lowest BCUT2D eigenvalue weighted by atomic mass is 9.87. The molecule has 2 fully saturated rings. The normalized spacial score (nSPS) is 30.3. The van der Waals surface area contributed by atoms with Gasteiger partial charge in [-0.05, 0) is 25.0 Å². The fourth-order valence-electron chi connectivity index (χ4n) is 3.81. The Hall–Kier alpha value is -2.21. The molecule has 136 valence electrons. The number of nitrogens with zero attached hydrogens (tertiary/aromatic N) is 1. The number of benzene rings is 2. The van der Waals surface area contributed by atoms with Crippen LogP contribution in [0.4, 0.5) is 0 Å². The second-order valence-electron chi connectivity index (χ2n) is 7.32. The zero-order chi connectivity index (χ0) is 18.3. The molecule has 2 aromatic carbocycles. The fraction of sp³-hybridized carbons (Fsp3) is 0.381. The monoisotopic (exact) mass is 353 g/mol. The number of rotatable bonds is 4. The molecular formula is C21H23NO4. The number of ether oxygens (including phenoxy) is 2. The SMILES string of the molecule is CC1(C)O[C@H]([C@H]2[C@@H](O)C(=O)N2Cc2ccccc2)[C@@H](c2ccccc2)O1. The molecule has 0 aromatic heterocycles. The molecule has 2 saturated heterocycles. The van der Waals surface area contributed by atoms with E-state index in [1.54, 1.807) is 4.90 Å². The van der Waals surface area contributed by atoms with Gasteiger partial charge in [-0.2, -0.15) is 0 Å². The van der Waals surface area contributed by atoms with E-state index in [0.29, 0.717) is 6.54 Å². The molecule has 26 heavy (non-hydrogen) atoms. The van der Waals surface area contributed by atoms with Crippen LogP contribution in [-0.2, 0) is 20.8 Å². The second-order valence-corrected chi connectivity index (χ2v) is 7.32. The van der Waals surface area contributed by atoms with Crippen LogP contribution in [0.2, 0.25) is 0 Å². The number of aliphatic hydroxyl groups is 1. The van der Waals surface area contributed by atoms with Crippen molar-refractivity contribution in [1.82, 2.24) is 4.90 Å². The number of hydrogen-bond acceptors (Lipinski definition) is 4. The Bertz CT molecular complexity index is 777. The maximum atomic E-state index is 12.3. The van der Waals surface area contributed by atoms with Gasteiger partial charge in [0.05, 0.1) is 6.04 Å². The highest BCUT2D eigenvalue weighted by atomic mass is 16.8. The topological polar surface area (TPSA) is 59.0 Å². The largest absolute Gasteiger partial charge is 0.381 e. The van der Waals surface area contributed by atoms with Crippen LogP contribution in [-0.4, -0.2) is 40.0 Å². The Morgan fingerprint density at radius 2 is 1.62 bits per heavy atom. The number of likely N-dealkylation sites (tertiary alicyclic amines) is 1. The Kier molecular flexibility index (Phi) is 4.31. The third-order valence-corrected chi connectivity index (χ3v) is 5.01. The first-order chi connectivity index (χ1) is 12.5. The number of β-lactam (4-membered cyclic amide) rings is 1. The van der Waals surface area contributed by atoms with E-state index in [1.807, 2.05) is 74.5 Å². The zero-order valence-corrected chi connectivity index (χ0v) is 14.9. The van der Waals surface area contributed by atoms with Crippen molar-refractivity contribution in [2.24, 2.45) is 0 Å². The molecule has 2 aliphatic heterocycles. The smallest absolute Gasteiger partial charge is 0.254 e. The van der Waals surface area contributed by atoms with Crippen LogP contribution in [0, 0.1) is 0 Å². The van der Waals surface area contributed by atoms with Crippen LogP contribution in [0.1, 0.15) is 31.1 Å². The van der Waals surface area contributed by atoms with Crippen molar-refractivity contribution in [3.63, 3.8) is 0 Å². The molecule has 0 saturated carbocycles. The summed E-state index contributed by atoms with van der Waals surface area (Å²) < 4.78 is 12.2. The molecule has 0 bridgehead atoms. The Balaban J connectivity index is 1.61. The van der Waals surface area contributed by atoms with Crippen LogP contribution in [0.3, 0.4) is 0 Å². The summed E-state index contributed by atoms with van der Waals surface area (Å²) >= 11 is 0. The van der Waals surface area contributed by atoms with Crippen molar-refractivity contribution in [1.29, 1.82) is 0 Å². The highest BCUT2D eigenvalue weighted by Gasteiger charge is 2.57. The fourth-order valence-corrected chi connectivity index (χ4v) is 3.81. The number of amides is 1. The molecule has 1 N–H and O–H groups in total. The molecule has 5 heteroatoms. The van der Waals surface area contributed by atoms with Crippen molar-refractivity contribution < 1.29 is 19.4 Å². The van der Waals surface area contributed by atoms with Crippen LogP contribution < -0.4 is 0 Å². The molecule has 0 unspecified atom stereocenters. The van der Waals surface area contributed by atoms with Crippen molar-refractivity contribution in [2.75, 3.05) is 0 Å². The third-order valence-electron chi connectivity index (χ3n) is 5.01. The van der Waals surface area contributed by atoms with E-state index in [0.717, 1.165) is 11.1 Å². The highest BCUT2D eigenvalue weighted by Crippen LogP contribution is 2.44. The van der Waals surface area contributed by atoms with Crippen LogP contribution >= 0.6 is 0 Å². The van der Waals surface area contributed by atoms with E-state index >= 15 is 0 Å². The lowest BCUT2D eigenvalue weighted by molar-refractivity contribution is -0.190. The van der Waals surface area contributed by atoms with E-state index in [2.05, 4.69) is 0 Å². The summed E-state index contributed by atoms with van der Waals surface area (Å²) in [4.78, 5) is 14.0. The van der Waals surface area contributed by atoms with Crippen LogP contribution in [0.5, 0.6) is 0 Å².